The van der Waals surface area contributed by atoms with E-state index in [-0.39, 0.29) is 40.0 Å². The summed E-state index contributed by atoms with van der Waals surface area (Å²) < 4.78 is 0. The van der Waals surface area contributed by atoms with Crippen molar-refractivity contribution >= 4 is 5.78 Å². The van der Waals surface area contributed by atoms with E-state index in [1.54, 1.807) is 0 Å². The Bertz CT molecular complexity index is 735. The minimum atomic E-state index is -0.561. The molecule has 2 unspecified atom stereocenters. The molecular formula is C22H31NO3. The van der Waals surface area contributed by atoms with Gasteiger partial charge in [0.25, 0.3) is 0 Å². The number of rotatable bonds is 1. The summed E-state index contributed by atoms with van der Waals surface area (Å²) in [7, 11) is 0. The number of carbonyl (C=O) groups is 1. The molecule has 0 amide bonds. The third-order valence-electron chi connectivity index (χ3n) is 10.4. The van der Waals surface area contributed by atoms with Crippen LogP contribution in [0, 0.1) is 39.9 Å². The molecular weight excluding hydrogens is 326 g/mol. The monoisotopic (exact) mass is 357 g/mol. The Labute approximate surface area is 155 Å². The van der Waals surface area contributed by atoms with E-state index in [1.165, 1.54) is 0 Å². The van der Waals surface area contributed by atoms with Crippen LogP contribution in [0.1, 0.15) is 46.0 Å². The standard InChI is InChI=1S/C22H31NO3/c1-4-23-10-20(3)6-5-17(25)22-15(20)7-13(18(22)23)21-9-12(11(2)19(21)26)14(24)8-16(21)22/h12-13,15-19,25-26H,2,4-10H2,1,3H3/t12-,13+,15+,16+,17-,18?,19+,20-,21?,22-/m0/s1. The Morgan fingerprint density at radius 1 is 1.31 bits per heavy atom. The molecule has 1 aliphatic heterocycles. The molecule has 2 spiro atoms. The minimum absolute atomic E-state index is 0.130. The number of ketones is 1. The van der Waals surface area contributed by atoms with Gasteiger partial charge >= 0.3 is 0 Å². The highest BCUT2D eigenvalue weighted by atomic mass is 16.3. The van der Waals surface area contributed by atoms with Crippen LogP contribution in [0.25, 0.3) is 0 Å². The van der Waals surface area contributed by atoms with Gasteiger partial charge in [0.2, 0.25) is 0 Å². The van der Waals surface area contributed by atoms with Crippen LogP contribution in [0.3, 0.4) is 0 Å². The number of hydrogen-bond donors (Lipinski definition) is 2. The minimum Gasteiger partial charge on any atom is -0.392 e. The summed E-state index contributed by atoms with van der Waals surface area (Å²) in [6.07, 6.45) is 3.50. The topological polar surface area (TPSA) is 60.8 Å². The smallest absolute Gasteiger partial charge is 0.140 e. The van der Waals surface area contributed by atoms with Crippen LogP contribution in [0.15, 0.2) is 12.2 Å². The molecule has 142 valence electrons. The van der Waals surface area contributed by atoms with Crippen LogP contribution < -0.4 is 0 Å². The van der Waals surface area contributed by atoms with Gasteiger partial charge in [-0.15, -0.1) is 0 Å². The SMILES string of the molecule is C=C1[C@@H]2CC3([C@@H]1O)[C@@H]1C[C@@H]4[C@@]5(C)CC[C@H](O)[C@@]4(C1N(CC)C5)[C@@H]3CC2=O. The number of aliphatic hydroxyl groups excluding tert-OH is 2. The lowest BCUT2D eigenvalue weighted by Gasteiger charge is -2.65. The zero-order valence-electron chi connectivity index (χ0n) is 15.9. The van der Waals surface area contributed by atoms with E-state index in [0.29, 0.717) is 24.3 Å². The normalized spacial score (nSPS) is 62.7. The molecule has 1 saturated heterocycles. The number of piperidine rings is 1. The lowest BCUT2D eigenvalue weighted by atomic mass is 9.43. The van der Waals surface area contributed by atoms with E-state index in [9.17, 15) is 15.0 Å². The van der Waals surface area contributed by atoms with Crippen LogP contribution in [-0.4, -0.2) is 52.2 Å². The first-order chi connectivity index (χ1) is 12.3. The van der Waals surface area contributed by atoms with Crippen LogP contribution in [0.4, 0.5) is 0 Å². The molecule has 0 radical (unpaired) electrons. The number of Topliss-reactive ketones (excluding diaryl/α,β-unsaturated/α-hetero) is 1. The van der Waals surface area contributed by atoms with Gasteiger partial charge in [0.05, 0.1) is 12.2 Å². The van der Waals surface area contributed by atoms with E-state index in [4.69, 9.17) is 0 Å². The number of carbonyl (C=O) groups excluding carboxylic acids is 1. The highest BCUT2D eigenvalue weighted by Crippen LogP contribution is 2.83. The van der Waals surface area contributed by atoms with Gasteiger partial charge in [-0.3, -0.25) is 9.69 Å². The number of hydrogen-bond acceptors (Lipinski definition) is 4. The highest BCUT2D eigenvalue weighted by Gasteiger charge is 2.85. The molecule has 0 aromatic carbocycles. The Balaban J connectivity index is 1.62. The van der Waals surface area contributed by atoms with Crippen molar-refractivity contribution in [2.24, 2.45) is 39.9 Å². The van der Waals surface area contributed by atoms with E-state index in [2.05, 4.69) is 25.3 Å². The molecule has 1 heterocycles. The molecule has 26 heavy (non-hydrogen) atoms. The molecule has 0 aromatic heterocycles. The fourth-order valence-corrected chi connectivity index (χ4v) is 9.75. The molecule has 0 aromatic rings. The number of fused-ring (bicyclic) bond motifs is 1. The fraction of sp³-hybridized carbons (Fsp3) is 0.864. The summed E-state index contributed by atoms with van der Waals surface area (Å²) in [6.45, 7) is 10.9. The van der Waals surface area contributed by atoms with Crippen molar-refractivity contribution < 1.29 is 15.0 Å². The summed E-state index contributed by atoms with van der Waals surface area (Å²) in [4.78, 5) is 15.6. The van der Waals surface area contributed by atoms with E-state index >= 15 is 0 Å². The zero-order chi connectivity index (χ0) is 18.2. The second-order valence-corrected chi connectivity index (χ2v) is 10.7. The van der Waals surface area contributed by atoms with Crippen LogP contribution in [0.2, 0.25) is 0 Å². The first kappa shape index (κ1) is 16.3. The van der Waals surface area contributed by atoms with Gasteiger partial charge in [0.1, 0.15) is 5.78 Å². The van der Waals surface area contributed by atoms with Crippen LogP contribution >= 0.6 is 0 Å². The van der Waals surface area contributed by atoms with Crippen molar-refractivity contribution in [2.45, 2.75) is 64.2 Å². The Kier molecular flexibility index (Phi) is 2.80. The van der Waals surface area contributed by atoms with Crippen molar-refractivity contribution in [2.75, 3.05) is 13.1 Å². The van der Waals surface area contributed by atoms with Crippen molar-refractivity contribution in [3.05, 3.63) is 12.2 Å². The summed E-state index contributed by atoms with van der Waals surface area (Å²) in [5, 5.41) is 22.8. The predicted molar refractivity (Wildman–Crippen MR) is 97.2 cm³/mol. The van der Waals surface area contributed by atoms with Crippen molar-refractivity contribution in [3.8, 4) is 0 Å². The van der Waals surface area contributed by atoms with Crippen LogP contribution in [0.5, 0.6) is 0 Å². The quantitative estimate of drug-likeness (QED) is 0.705. The lowest BCUT2D eigenvalue weighted by Crippen LogP contribution is -2.68. The first-order valence-electron chi connectivity index (χ1n) is 10.6. The molecule has 5 saturated carbocycles. The van der Waals surface area contributed by atoms with Gasteiger partial charge in [-0.25, -0.2) is 0 Å². The van der Waals surface area contributed by atoms with Crippen molar-refractivity contribution in [1.29, 1.82) is 0 Å². The number of aliphatic hydroxyl groups is 2. The second-order valence-electron chi connectivity index (χ2n) is 10.7. The van der Waals surface area contributed by atoms with Crippen molar-refractivity contribution in [3.63, 3.8) is 0 Å². The zero-order valence-corrected chi connectivity index (χ0v) is 15.9. The van der Waals surface area contributed by atoms with Gasteiger partial charge in [-0.05, 0) is 61.0 Å². The first-order valence-corrected chi connectivity index (χ1v) is 10.6. The molecule has 2 N–H and O–H groups in total. The molecule has 5 aliphatic carbocycles. The van der Waals surface area contributed by atoms with Crippen molar-refractivity contribution in [1.82, 2.24) is 4.90 Å². The molecule has 6 aliphatic rings. The maximum Gasteiger partial charge on any atom is 0.140 e. The average molecular weight is 357 g/mol. The maximum absolute atomic E-state index is 13.0. The summed E-state index contributed by atoms with van der Waals surface area (Å²) >= 11 is 0. The molecule has 7 bridgehead atoms. The highest BCUT2D eigenvalue weighted by molar-refractivity contribution is 5.87. The molecule has 4 heteroatoms. The lowest BCUT2D eigenvalue weighted by molar-refractivity contribution is -0.211. The second kappa shape index (κ2) is 4.47. The van der Waals surface area contributed by atoms with Gasteiger partial charge in [0, 0.05) is 35.8 Å². The number of likely N-dealkylation sites (tertiary alicyclic amines) is 1. The third kappa shape index (κ3) is 1.33. The van der Waals surface area contributed by atoms with E-state index in [0.717, 1.165) is 44.3 Å². The van der Waals surface area contributed by atoms with E-state index < -0.39 is 6.10 Å². The third-order valence-corrected chi connectivity index (χ3v) is 10.4. The van der Waals surface area contributed by atoms with Crippen LogP contribution in [-0.2, 0) is 4.79 Å². The average Bonchev–Trinajstić information content (AvgIpc) is 3.14. The number of nitrogens with zero attached hydrogens (tertiary/aromatic N) is 1. The summed E-state index contributed by atoms with van der Waals surface area (Å²) in [5.74, 6) is 1.16. The fourth-order valence-electron chi connectivity index (χ4n) is 9.75. The maximum atomic E-state index is 13.0. The molecule has 4 nitrogen and oxygen atoms in total. The summed E-state index contributed by atoms with van der Waals surface area (Å²) in [5.41, 5.74) is 0.598. The van der Waals surface area contributed by atoms with Gasteiger partial charge in [-0.1, -0.05) is 20.4 Å². The van der Waals surface area contributed by atoms with Gasteiger partial charge in [0.15, 0.2) is 0 Å². The Hall–Kier alpha value is -0.710. The largest absolute Gasteiger partial charge is 0.392 e. The Morgan fingerprint density at radius 3 is 2.81 bits per heavy atom. The molecule has 6 fully saturated rings. The van der Waals surface area contributed by atoms with Gasteiger partial charge in [-0.2, -0.15) is 0 Å². The van der Waals surface area contributed by atoms with Gasteiger partial charge < -0.3 is 10.2 Å². The molecule has 6 rings (SSSR count). The summed E-state index contributed by atoms with van der Waals surface area (Å²) in [6, 6.07) is 0.331. The predicted octanol–water partition coefficient (Wildman–Crippen LogP) is 2.00. The van der Waals surface area contributed by atoms with E-state index in [1.807, 2.05) is 0 Å². The molecule has 10 atom stereocenters. The Morgan fingerprint density at radius 2 is 2.08 bits per heavy atom.